The van der Waals surface area contributed by atoms with Crippen LogP contribution in [0.15, 0.2) is 59.7 Å². The summed E-state index contributed by atoms with van der Waals surface area (Å²) in [5, 5.41) is 26.8. The summed E-state index contributed by atoms with van der Waals surface area (Å²) < 4.78 is 3.20. The van der Waals surface area contributed by atoms with E-state index in [1.54, 1.807) is 11.3 Å². The predicted octanol–water partition coefficient (Wildman–Crippen LogP) is 3.17. The van der Waals surface area contributed by atoms with Gasteiger partial charge in [0.05, 0.1) is 6.54 Å². The summed E-state index contributed by atoms with van der Waals surface area (Å²) in [6, 6.07) is 16.1. The molecule has 0 aliphatic rings. The van der Waals surface area contributed by atoms with Crippen LogP contribution in [0, 0.1) is 0 Å². The zero-order valence-electron chi connectivity index (χ0n) is 17.0. The van der Waals surface area contributed by atoms with E-state index in [-0.39, 0.29) is 0 Å². The van der Waals surface area contributed by atoms with E-state index in [0.29, 0.717) is 12.5 Å². The van der Waals surface area contributed by atoms with E-state index in [9.17, 15) is 5.11 Å². The first-order valence-electron chi connectivity index (χ1n) is 10.2. The number of aliphatic hydroxyl groups excluding tert-OH is 1. The van der Waals surface area contributed by atoms with Crippen LogP contribution in [0.2, 0.25) is 0 Å². The molecule has 0 bridgehead atoms. The van der Waals surface area contributed by atoms with Gasteiger partial charge in [-0.3, -0.25) is 9.39 Å². The molecule has 1 aromatic carbocycles. The highest BCUT2D eigenvalue weighted by atomic mass is 32.1. The van der Waals surface area contributed by atoms with Crippen molar-refractivity contribution in [2.24, 2.45) is 4.99 Å². The molecule has 8 heteroatoms. The highest BCUT2D eigenvalue weighted by Gasteiger charge is 2.11. The van der Waals surface area contributed by atoms with Gasteiger partial charge in [0.15, 0.2) is 11.6 Å². The Morgan fingerprint density at radius 3 is 2.90 bits per heavy atom. The zero-order chi connectivity index (χ0) is 20.8. The number of fused-ring (bicyclic) bond motifs is 2. The lowest BCUT2D eigenvalue weighted by atomic mass is 10.2. The monoisotopic (exact) mass is 422 g/mol. The third kappa shape index (κ3) is 4.77. The molecule has 0 fully saturated rings. The maximum atomic E-state index is 10.6. The van der Waals surface area contributed by atoms with Crippen LogP contribution >= 0.6 is 11.3 Å². The Balaban J connectivity index is 1.30. The van der Waals surface area contributed by atoms with Crippen molar-refractivity contribution < 1.29 is 5.11 Å². The van der Waals surface area contributed by atoms with Gasteiger partial charge in [-0.2, -0.15) is 0 Å². The second kappa shape index (κ2) is 9.69. The Bertz CT molecular complexity index is 1100. The molecule has 0 amide bonds. The molecule has 3 N–H and O–H groups in total. The van der Waals surface area contributed by atoms with Crippen LogP contribution in [-0.4, -0.2) is 45.3 Å². The lowest BCUT2D eigenvalue weighted by Gasteiger charge is -2.12. The maximum absolute atomic E-state index is 10.6. The predicted molar refractivity (Wildman–Crippen MR) is 122 cm³/mol. The van der Waals surface area contributed by atoms with Crippen LogP contribution in [0.1, 0.15) is 30.2 Å². The number of benzene rings is 1. The minimum absolute atomic E-state index is 0.316. The Morgan fingerprint density at radius 1 is 1.17 bits per heavy atom. The van der Waals surface area contributed by atoms with Crippen molar-refractivity contribution in [3.8, 4) is 0 Å². The Kier molecular flexibility index (Phi) is 6.56. The molecular weight excluding hydrogens is 396 g/mol. The van der Waals surface area contributed by atoms with Crippen molar-refractivity contribution in [2.45, 2.75) is 25.9 Å². The molecule has 3 aromatic heterocycles. The molecular formula is C22H26N6OS. The Labute approximate surface area is 179 Å². The summed E-state index contributed by atoms with van der Waals surface area (Å²) >= 11 is 1.62. The van der Waals surface area contributed by atoms with Crippen molar-refractivity contribution in [1.29, 1.82) is 0 Å². The van der Waals surface area contributed by atoms with Crippen LogP contribution in [0.4, 0.5) is 0 Å². The molecule has 0 spiro atoms. The maximum Gasteiger partial charge on any atom is 0.191 e. The summed E-state index contributed by atoms with van der Waals surface area (Å²) in [6.45, 7) is 3.87. The SMILES string of the molecule is CCNC(=NCC(O)c1cc2ccccc2s1)NCCCc1nnc2ccccn12. The fraction of sp³-hybridized carbons (Fsp3) is 0.318. The Morgan fingerprint density at radius 2 is 2.03 bits per heavy atom. The Hall–Kier alpha value is -2.97. The molecule has 1 atom stereocenters. The zero-order valence-corrected chi connectivity index (χ0v) is 17.8. The highest BCUT2D eigenvalue weighted by Crippen LogP contribution is 2.29. The van der Waals surface area contributed by atoms with E-state index < -0.39 is 6.10 Å². The van der Waals surface area contributed by atoms with E-state index >= 15 is 0 Å². The van der Waals surface area contributed by atoms with E-state index in [0.717, 1.165) is 47.7 Å². The van der Waals surface area contributed by atoms with Crippen LogP contribution in [0.25, 0.3) is 15.7 Å². The average Bonchev–Trinajstić information content (AvgIpc) is 3.39. The second-order valence-electron chi connectivity index (χ2n) is 7.00. The number of nitrogens with zero attached hydrogens (tertiary/aromatic N) is 4. The van der Waals surface area contributed by atoms with E-state index in [1.165, 1.54) is 4.70 Å². The topological polar surface area (TPSA) is 86.8 Å². The van der Waals surface area contributed by atoms with Crippen molar-refractivity contribution in [3.05, 3.63) is 65.4 Å². The molecule has 3 heterocycles. The first kappa shape index (κ1) is 20.3. The van der Waals surface area contributed by atoms with Crippen molar-refractivity contribution in [2.75, 3.05) is 19.6 Å². The smallest absolute Gasteiger partial charge is 0.191 e. The van der Waals surface area contributed by atoms with E-state index in [4.69, 9.17) is 0 Å². The summed E-state index contributed by atoms with van der Waals surface area (Å²) in [4.78, 5) is 5.50. The molecule has 0 saturated carbocycles. The molecule has 7 nitrogen and oxygen atoms in total. The van der Waals surface area contributed by atoms with Crippen LogP contribution in [0.3, 0.4) is 0 Å². The minimum atomic E-state index is -0.611. The van der Waals surface area contributed by atoms with Gasteiger partial charge in [0.2, 0.25) is 0 Å². The summed E-state index contributed by atoms with van der Waals surface area (Å²) in [7, 11) is 0. The standard InChI is InChI=1S/C22H26N6OS/c1-2-23-22(24-12-7-11-21-27-26-20-10-5-6-13-28(20)21)25-15-17(29)19-14-16-8-3-4-9-18(16)30-19/h3-6,8-10,13-14,17,29H,2,7,11-12,15H2,1H3,(H2,23,24,25). The number of hydrogen-bond acceptors (Lipinski definition) is 5. The third-order valence-electron chi connectivity index (χ3n) is 4.79. The number of aliphatic imine (C=N–C) groups is 1. The van der Waals surface area contributed by atoms with Gasteiger partial charge in [0.25, 0.3) is 0 Å². The van der Waals surface area contributed by atoms with Gasteiger partial charge in [0.1, 0.15) is 11.9 Å². The van der Waals surface area contributed by atoms with Gasteiger partial charge < -0.3 is 15.7 Å². The van der Waals surface area contributed by atoms with Gasteiger partial charge in [-0.05, 0) is 43.0 Å². The van der Waals surface area contributed by atoms with Crippen molar-refractivity contribution in [1.82, 2.24) is 25.2 Å². The molecule has 156 valence electrons. The number of hydrogen-bond donors (Lipinski definition) is 3. The van der Waals surface area contributed by atoms with Gasteiger partial charge >= 0.3 is 0 Å². The number of nitrogens with one attached hydrogen (secondary N) is 2. The number of aryl methyl sites for hydroxylation is 1. The number of guanidine groups is 1. The van der Waals surface area contributed by atoms with E-state index in [2.05, 4.69) is 38.0 Å². The number of aliphatic hydroxyl groups is 1. The summed E-state index contributed by atoms with van der Waals surface area (Å²) in [6.07, 6.45) is 3.10. The first-order chi connectivity index (χ1) is 14.7. The highest BCUT2D eigenvalue weighted by molar-refractivity contribution is 7.19. The van der Waals surface area contributed by atoms with E-state index in [1.807, 2.05) is 53.9 Å². The van der Waals surface area contributed by atoms with Gasteiger partial charge in [-0.15, -0.1) is 21.5 Å². The number of rotatable bonds is 8. The lowest BCUT2D eigenvalue weighted by molar-refractivity contribution is 0.191. The van der Waals surface area contributed by atoms with Crippen LogP contribution < -0.4 is 10.6 Å². The largest absolute Gasteiger partial charge is 0.386 e. The molecule has 30 heavy (non-hydrogen) atoms. The molecule has 4 aromatic rings. The van der Waals surface area contributed by atoms with Crippen molar-refractivity contribution in [3.63, 3.8) is 0 Å². The van der Waals surface area contributed by atoms with Crippen LogP contribution in [-0.2, 0) is 6.42 Å². The second-order valence-corrected chi connectivity index (χ2v) is 8.11. The third-order valence-corrected chi connectivity index (χ3v) is 6.01. The average molecular weight is 423 g/mol. The first-order valence-corrected chi connectivity index (χ1v) is 11.0. The molecule has 0 radical (unpaired) electrons. The van der Waals surface area contributed by atoms with Gasteiger partial charge in [-0.25, -0.2) is 0 Å². The fourth-order valence-corrected chi connectivity index (χ4v) is 4.33. The molecule has 0 aliphatic carbocycles. The molecule has 1 unspecified atom stereocenters. The number of pyridine rings is 1. The minimum Gasteiger partial charge on any atom is -0.386 e. The molecule has 4 rings (SSSR count). The molecule has 0 saturated heterocycles. The normalized spacial score (nSPS) is 13.1. The lowest BCUT2D eigenvalue weighted by Crippen LogP contribution is -2.38. The summed E-state index contributed by atoms with van der Waals surface area (Å²) in [5.74, 6) is 1.67. The van der Waals surface area contributed by atoms with Gasteiger partial charge in [0, 0.05) is 35.3 Å². The van der Waals surface area contributed by atoms with Crippen LogP contribution in [0.5, 0.6) is 0 Å². The quantitative estimate of drug-likeness (QED) is 0.231. The van der Waals surface area contributed by atoms with Gasteiger partial charge in [-0.1, -0.05) is 24.3 Å². The fourth-order valence-electron chi connectivity index (χ4n) is 3.29. The summed E-state index contributed by atoms with van der Waals surface area (Å²) in [5.41, 5.74) is 0.866. The molecule has 0 aliphatic heterocycles. The number of thiophene rings is 1. The number of aromatic nitrogens is 3. The van der Waals surface area contributed by atoms with Crippen molar-refractivity contribution >= 4 is 33.0 Å².